The van der Waals surface area contributed by atoms with Crippen molar-refractivity contribution in [1.29, 1.82) is 0 Å². The molecule has 0 aromatic carbocycles. The average molecular weight is 193 g/mol. The first kappa shape index (κ1) is 10.7. The van der Waals surface area contributed by atoms with Gasteiger partial charge in [-0.05, 0) is 13.8 Å². The van der Waals surface area contributed by atoms with Gasteiger partial charge in [0.25, 0.3) is 0 Å². The molecule has 0 saturated heterocycles. The molecule has 0 aliphatic rings. The Labute approximate surface area is 83.8 Å². The normalized spacial score (nSPS) is 10.8. The van der Waals surface area contributed by atoms with Crippen LogP contribution in [0.3, 0.4) is 0 Å². The van der Waals surface area contributed by atoms with E-state index >= 15 is 0 Å². The van der Waals surface area contributed by atoms with Crippen LogP contribution in [0.15, 0.2) is 18.3 Å². The van der Waals surface area contributed by atoms with Crippen molar-refractivity contribution in [3.05, 3.63) is 29.6 Å². The molecule has 1 aromatic rings. The van der Waals surface area contributed by atoms with Crippen LogP contribution in [0.5, 0.6) is 6.01 Å². The smallest absolute Gasteiger partial charge is 0.316 e. The Kier molecular flexibility index (Phi) is 4.07. The number of aryl methyl sites for hydroxylation is 1. The molecule has 4 nitrogen and oxygen atoms in total. The molecular formula is C10H15N3O. The molecule has 4 heteroatoms. The monoisotopic (exact) mass is 193 g/mol. The van der Waals surface area contributed by atoms with E-state index in [4.69, 9.17) is 10.5 Å². The van der Waals surface area contributed by atoms with Crippen molar-refractivity contribution in [1.82, 2.24) is 9.97 Å². The Bertz CT molecular complexity index is 323. The number of rotatable bonds is 4. The number of ether oxygens (including phenoxy) is 1. The molecule has 0 bridgehead atoms. The van der Waals surface area contributed by atoms with Gasteiger partial charge >= 0.3 is 6.01 Å². The van der Waals surface area contributed by atoms with Gasteiger partial charge in [-0.15, -0.1) is 0 Å². The molecular weight excluding hydrogens is 178 g/mol. The van der Waals surface area contributed by atoms with Gasteiger partial charge in [0.15, 0.2) is 0 Å². The lowest BCUT2D eigenvalue weighted by molar-refractivity contribution is 0.331. The Morgan fingerprint density at radius 1 is 1.57 bits per heavy atom. The molecule has 0 radical (unpaired) electrons. The molecule has 1 heterocycles. The minimum atomic E-state index is 0.401. The summed E-state index contributed by atoms with van der Waals surface area (Å²) in [6.45, 7) is 4.79. The lowest BCUT2D eigenvalue weighted by Crippen LogP contribution is -2.05. The molecule has 0 amide bonds. The third-order valence-electron chi connectivity index (χ3n) is 1.82. The lowest BCUT2D eigenvalue weighted by atomic mass is 10.2. The molecule has 0 spiro atoms. The largest absolute Gasteiger partial charge is 0.459 e. The minimum Gasteiger partial charge on any atom is -0.459 e. The van der Waals surface area contributed by atoms with Crippen molar-refractivity contribution >= 4 is 0 Å². The highest BCUT2D eigenvalue weighted by molar-refractivity contribution is 5.17. The first-order valence-corrected chi connectivity index (χ1v) is 4.54. The van der Waals surface area contributed by atoms with Crippen molar-refractivity contribution in [3.8, 4) is 6.01 Å². The molecule has 0 saturated carbocycles. The van der Waals surface area contributed by atoms with E-state index in [2.05, 4.69) is 9.97 Å². The Balaban J connectivity index is 2.66. The standard InChI is InChI=1S/C10H15N3O/c1-3-4-5-14-10-12-7-9(6-11)8(2)13-10/h3-4,7H,5-6,11H2,1-2H3/b4-3+. The summed E-state index contributed by atoms with van der Waals surface area (Å²) in [6.07, 6.45) is 5.52. The van der Waals surface area contributed by atoms with Crippen LogP contribution in [-0.2, 0) is 6.54 Å². The van der Waals surface area contributed by atoms with Crippen LogP contribution in [0.2, 0.25) is 0 Å². The van der Waals surface area contributed by atoms with Gasteiger partial charge in [-0.25, -0.2) is 9.97 Å². The van der Waals surface area contributed by atoms with Gasteiger partial charge in [0.05, 0.1) is 0 Å². The maximum absolute atomic E-state index is 5.49. The number of hydrogen-bond acceptors (Lipinski definition) is 4. The van der Waals surface area contributed by atoms with Gasteiger partial charge in [0.2, 0.25) is 0 Å². The van der Waals surface area contributed by atoms with Crippen LogP contribution in [-0.4, -0.2) is 16.6 Å². The number of nitrogens with two attached hydrogens (primary N) is 1. The molecule has 0 aliphatic heterocycles. The maximum Gasteiger partial charge on any atom is 0.316 e. The molecule has 76 valence electrons. The highest BCUT2D eigenvalue weighted by atomic mass is 16.5. The summed E-state index contributed by atoms with van der Waals surface area (Å²) in [5, 5.41) is 0. The number of hydrogen-bond donors (Lipinski definition) is 1. The van der Waals surface area contributed by atoms with E-state index in [9.17, 15) is 0 Å². The molecule has 1 aromatic heterocycles. The molecule has 1 rings (SSSR count). The molecule has 0 fully saturated rings. The summed E-state index contributed by atoms with van der Waals surface area (Å²) in [4.78, 5) is 8.20. The van der Waals surface area contributed by atoms with Crippen molar-refractivity contribution < 1.29 is 4.74 Å². The third-order valence-corrected chi connectivity index (χ3v) is 1.82. The fourth-order valence-electron chi connectivity index (χ4n) is 0.960. The molecule has 2 N–H and O–H groups in total. The lowest BCUT2D eigenvalue weighted by Gasteiger charge is -2.04. The van der Waals surface area contributed by atoms with Gasteiger partial charge in [0.1, 0.15) is 6.61 Å². The second-order valence-corrected chi connectivity index (χ2v) is 2.85. The van der Waals surface area contributed by atoms with E-state index in [1.165, 1.54) is 0 Å². The van der Waals surface area contributed by atoms with E-state index in [-0.39, 0.29) is 0 Å². The highest BCUT2D eigenvalue weighted by Gasteiger charge is 2.01. The van der Waals surface area contributed by atoms with Crippen LogP contribution in [0.1, 0.15) is 18.2 Å². The predicted octanol–water partition coefficient (Wildman–Crippen LogP) is 1.20. The molecule has 14 heavy (non-hydrogen) atoms. The first-order chi connectivity index (χ1) is 6.77. The van der Waals surface area contributed by atoms with Crippen LogP contribution >= 0.6 is 0 Å². The van der Waals surface area contributed by atoms with Crippen molar-refractivity contribution in [2.24, 2.45) is 5.73 Å². The van der Waals surface area contributed by atoms with Crippen LogP contribution in [0, 0.1) is 6.92 Å². The van der Waals surface area contributed by atoms with E-state index in [1.54, 1.807) is 6.20 Å². The van der Waals surface area contributed by atoms with E-state index < -0.39 is 0 Å². The van der Waals surface area contributed by atoms with Gasteiger partial charge in [-0.1, -0.05) is 12.2 Å². The maximum atomic E-state index is 5.49. The summed E-state index contributed by atoms with van der Waals surface area (Å²) in [7, 11) is 0. The Morgan fingerprint density at radius 3 is 2.93 bits per heavy atom. The van der Waals surface area contributed by atoms with Gasteiger partial charge < -0.3 is 10.5 Å². The summed E-state index contributed by atoms with van der Waals surface area (Å²) >= 11 is 0. The van der Waals surface area contributed by atoms with E-state index in [1.807, 2.05) is 26.0 Å². The molecule has 0 atom stereocenters. The van der Waals surface area contributed by atoms with Crippen molar-refractivity contribution in [2.75, 3.05) is 6.61 Å². The highest BCUT2D eigenvalue weighted by Crippen LogP contribution is 2.07. The first-order valence-electron chi connectivity index (χ1n) is 4.54. The number of nitrogens with zero attached hydrogens (tertiary/aromatic N) is 2. The van der Waals surface area contributed by atoms with Gasteiger partial charge in [0, 0.05) is 24.0 Å². The number of allylic oxidation sites excluding steroid dienone is 1. The van der Waals surface area contributed by atoms with Crippen molar-refractivity contribution in [3.63, 3.8) is 0 Å². The minimum absolute atomic E-state index is 0.401. The molecule has 0 unspecified atom stereocenters. The second-order valence-electron chi connectivity index (χ2n) is 2.85. The zero-order valence-electron chi connectivity index (χ0n) is 8.53. The van der Waals surface area contributed by atoms with Crippen molar-refractivity contribution in [2.45, 2.75) is 20.4 Å². The summed E-state index contributed by atoms with van der Waals surface area (Å²) in [5.41, 5.74) is 7.31. The van der Waals surface area contributed by atoms with Crippen LogP contribution in [0.25, 0.3) is 0 Å². The van der Waals surface area contributed by atoms with Gasteiger partial charge in [-0.2, -0.15) is 0 Å². The third kappa shape index (κ3) is 2.81. The van der Waals surface area contributed by atoms with Gasteiger partial charge in [-0.3, -0.25) is 0 Å². The topological polar surface area (TPSA) is 61.0 Å². The quantitative estimate of drug-likeness (QED) is 0.730. The zero-order chi connectivity index (χ0) is 10.4. The average Bonchev–Trinajstić information content (AvgIpc) is 2.18. The molecule has 0 aliphatic carbocycles. The SMILES string of the molecule is C/C=C/COc1ncc(CN)c(C)n1. The number of aromatic nitrogens is 2. The second kappa shape index (κ2) is 5.34. The fourth-order valence-corrected chi connectivity index (χ4v) is 0.960. The summed E-state index contributed by atoms with van der Waals surface area (Å²) < 4.78 is 5.28. The predicted molar refractivity (Wildman–Crippen MR) is 55.0 cm³/mol. The summed E-state index contributed by atoms with van der Waals surface area (Å²) in [5.74, 6) is 0. The van der Waals surface area contributed by atoms with E-state index in [0.29, 0.717) is 19.2 Å². The fraction of sp³-hybridized carbons (Fsp3) is 0.400. The van der Waals surface area contributed by atoms with Crippen LogP contribution < -0.4 is 10.5 Å². The van der Waals surface area contributed by atoms with Crippen LogP contribution in [0.4, 0.5) is 0 Å². The Hall–Kier alpha value is -1.42. The zero-order valence-corrected chi connectivity index (χ0v) is 8.53. The Morgan fingerprint density at radius 2 is 2.36 bits per heavy atom. The van der Waals surface area contributed by atoms with E-state index in [0.717, 1.165) is 11.3 Å². The summed E-state index contributed by atoms with van der Waals surface area (Å²) in [6, 6.07) is 0.401.